The zero-order valence-electron chi connectivity index (χ0n) is 18.8. The van der Waals surface area contributed by atoms with E-state index in [1.54, 1.807) is 7.05 Å². The Labute approximate surface area is 175 Å². The van der Waals surface area contributed by atoms with E-state index in [2.05, 4.69) is 61.1 Å². The molecule has 0 atom stereocenters. The van der Waals surface area contributed by atoms with Crippen molar-refractivity contribution in [3.63, 3.8) is 0 Å². The summed E-state index contributed by atoms with van der Waals surface area (Å²) in [5, 5.41) is 6.88. The fourth-order valence-electron chi connectivity index (χ4n) is 3.60. The molecular weight excluding hydrogens is 380 g/mol. The van der Waals surface area contributed by atoms with Gasteiger partial charge < -0.3 is 9.33 Å². The Hall–Kier alpha value is -1.86. The van der Waals surface area contributed by atoms with Crippen LogP contribution in [0, 0.1) is 5.92 Å². The first-order valence-electron chi connectivity index (χ1n) is 10.7. The largest absolute Gasteiger partial charge is 0.417 e. The van der Waals surface area contributed by atoms with E-state index in [1.165, 1.54) is 29.5 Å². The van der Waals surface area contributed by atoms with Gasteiger partial charge in [-0.3, -0.25) is 4.57 Å². The highest BCUT2D eigenvalue weighted by molar-refractivity contribution is 6.74. The first-order chi connectivity index (χ1) is 13.6. The molecule has 1 aromatic heterocycles. The molecule has 0 amide bonds. The van der Waals surface area contributed by atoms with E-state index in [9.17, 15) is 4.79 Å². The topological polar surface area (TPSA) is 63.1 Å². The zero-order valence-corrected chi connectivity index (χ0v) is 19.8. The Morgan fingerprint density at radius 1 is 1.17 bits per heavy atom. The molecule has 2 heterocycles. The van der Waals surface area contributed by atoms with Crippen LogP contribution in [0.4, 0.5) is 5.69 Å². The van der Waals surface area contributed by atoms with Crippen molar-refractivity contribution < 1.29 is 4.43 Å². The summed E-state index contributed by atoms with van der Waals surface area (Å²) in [7, 11) is 0.100. The molecule has 160 valence electrons. The number of H-pyrrole nitrogens is 1. The molecule has 0 aliphatic carbocycles. The fraction of sp³-hybridized carbons (Fsp3) is 0.636. The van der Waals surface area contributed by atoms with Crippen molar-refractivity contribution in [1.82, 2.24) is 14.8 Å². The van der Waals surface area contributed by atoms with Crippen molar-refractivity contribution in [2.45, 2.75) is 58.2 Å². The highest BCUT2D eigenvalue weighted by Gasteiger charge is 2.37. The summed E-state index contributed by atoms with van der Waals surface area (Å²) in [6.07, 6.45) is 3.61. The van der Waals surface area contributed by atoms with Gasteiger partial charge in [0.1, 0.15) is 0 Å². The number of hydrogen-bond acceptors (Lipinski definition) is 4. The molecule has 1 aromatic carbocycles. The van der Waals surface area contributed by atoms with Gasteiger partial charge >= 0.3 is 5.69 Å². The summed E-state index contributed by atoms with van der Waals surface area (Å²) in [6, 6.07) is 8.36. The zero-order chi connectivity index (χ0) is 21.2. The summed E-state index contributed by atoms with van der Waals surface area (Å²) in [5.41, 5.74) is 2.00. The minimum Gasteiger partial charge on any atom is -0.417 e. The second kappa shape index (κ2) is 8.48. The van der Waals surface area contributed by atoms with Gasteiger partial charge in [-0.05, 0) is 67.6 Å². The predicted molar refractivity (Wildman–Crippen MR) is 122 cm³/mol. The lowest BCUT2D eigenvalue weighted by Gasteiger charge is -2.37. The molecule has 1 aliphatic rings. The average Bonchev–Trinajstić information content (AvgIpc) is 3.00. The van der Waals surface area contributed by atoms with Crippen molar-refractivity contribution in [3.8, 4) is 11.4 Å². The Kier molecular flexibility index (Phi) is 6.38. The lowest BCUT2D eigenvalue weighted by atomic mass is 9.93. The molecule has 0 spiro atoms. The Bertz CT molecular complexity index is 856. The van der Waals surface area contributed by atoms with E-state index in [0.717, 1.165) is 31.2 Å². The third-order valence-electron chi connectivity index (χ3n) is 6.78. The molecule has 0 unspecified atom stereocenters. The van der Waals surface area contributed by atoms with Crippen molar-refractivity contribution in [2.75, 3.05) is 24.6 Å². The highest BCUT2D eigenvalue weighted by atomic mass is 28.4. The standard InChI is InChI=1S/C22H36N4O2Si/c1-22(2,3)29(5,6)28-16-13-17-11-14-26(15-12-17)19-9-7-18(8-10-19)20-23-24-21(27)25(20)4/h7-10,17H,11-16H2,1-6H3,(H,24,27). The van der Waals surface area contributed by atoms with Crippen molar-refractivity contribution in [2.24, 2.45) is 13.0 Å². The number of piperidine rings is 1. The van der Waals surface area contributed by atoms with E-state index in [0.29, 0.717) is 5.82 Å². The quantitative estimate of drug-likeness (QED) is 0.709. The van der Waals surface area contributed by atoms with Gasteiger partial charge in [0.05, 0.1) is 0 Å². The van der Waals surface area contributed by atoms with Crippen LogP contribution >= 0.6 is 0 Å². The lowest BCUT2D eigenvalue weighted by Crippen LogP contribution is -2.41. The lowest BCUT2D eigenvalue weighted by molar-refractivity contribution is 0.240. The van der Waals surface area contributed by atoms with E-state index in [1.807, 2.05) is 12.1 Å². The number of benzene rings is 1. The number of hydrogen-bond donors (Lipinski definition) is 1. The molecule has 29 heavy (non-hydrogen) atoms. The summed E-state index contributed by atoms with van der Waals surface area (Å²) >= 11 is 0. The van der Waals surface area contributed by atoms with Crippen LogP contribution in [0.3, 0.4) is 0 Å². The van der Waals surface area contributed by atoms with E-state index >= 15 is 0 Å². The summed E-state index contributed by atoms with van der Waals surface area (Å²) in [4.78, 5) is 14.0. The molecule has 1 fully saturated rings. The minimum atomic E-state index is -1.63. The van der Waals surface area contributed by atoms with Crippen LogP contribution in [-0.4, -0.2) is 42.8 Å². The molecular formula is C22H36N4O2Si. The highest BCUT2D eigenvalue weighted by Crippen LogP contribution is 2.37. The van der Waals surface area contributed by atoms with Crippen LogP contribution in [-0.2, 0) is 11.5 Å². The first-order valence-corrected chi connectivity index (χ1v) is 13.6. The fourth-order valence-corrected chi connectivity index (χ4v) is 4.66. The van der Waals surface area contributed by atoms with Gasteiger partial charge in [-0.25, -0.2) is 9.89 Å². The average molecular weight is 417 g/mol. The number of anilines is 1. The van der Waals surface area contributed by atoms with Gasteiger partial charge in [-0.1, -0.05) is 20.8 Å². The van der Waals surface area contributed by atoms with Gasteiger partial charge in [-0.2, -0.15) is 5.10 Å². The first kappa shape index (κ1) is 21.8. The van der Waals surface area contributed by atoms with Crippen LogP contribution in [0.5, 0.6) is 0 Å². The third kappa shape index (κ3) is 5.01. The van der Waals surface area contributed by atoms with Crippen LogP contribution in [0.15, 0.2) is 29.1 Å². The van der Waals surface area contributed by atoms with Crippen LogP contribution in [0.1, 0.15) is 40.0 Å². The van der Waals surface area contributed by atoms with Crippen LogP contribution in [0.25, 0.3) is 11.4 Å². The number of aromatic nitrogens is 3. The van der Waals surface area contributed by atoms with Crippen molar-refractivity contribution in [3.05, 3.63) is 34.7 Å². The van der Waals surface area contributed by atoms with Gasteiger partial charge in [0.25, 0.3) is 0 Å². The van der Waals surface area contributed by atoms with E-state index in [4.69, 9.17) is 4.43 Å². The third-order valence-corrected chi connectivity index (χ3v) is 11.3. The van der Waals surface area contributed by atoms with Gasteiger partial charge in [0, 0.05) is 38.0 Å². The predicted octanol–water partition coefficient (Wildman–Crippen LogP) is 4.40. The molecule has 3 rings (SSSR count). The molecule has 0 radical (unpaired) electrons. The monoisotopic (exact) mass is 416 g/mol. The van der Waals surface area contributed by atoms with E-state index in [-0.39, 0.29) is 10.7 Å². The van der Waals surface area contributed by atoms with Gasteiger partial charge in [-0.15, -0.1) is 0 Å². The van der Waals surface area contributed by atoms with E-state index < -0.39 is 8.32 Å². The number of nitrogens with one attached hydrogen (secondary N) is 1. The van der Waals surface area contributed by atoms with Crippen LogP contribution in [0.2, 0.25) is 18.1 Å². The Balaban J connectivity index is 1.49. The molecule has 0 saturated carbocycles. The van der Waals surface area contributed by atoms with Crippen molar-refractivity contribution >= 4 is 14.0 Å². The van der Waals surface area contributed by atoms with Crippen molar-refractivity contribution in [1.29, 1.82) is 0 Å². The summed E-state index contributed by atoms with van der Waals surface area (Å²) in [5.74, 6) is 1.43. The molecule has 6 nitrogen and oxygen atoms in total. The smallest absolute Gasteiger partial charge is 0.343 e. The number of nitrogens with zero attached hydrogens (tertiary/aromatic N) is 3. The molecule has 1 aliphatic heterocycles. The molecule has 1 N–H and O–H groups in total. The SMILES string of the molecule is Cn1c(-c2ccc(N3CCC(CCO[Si](C)(C)C(C)(C)C)CC3)cc2)n[nH]c1=O. The summed E-state index contributed by atoms with van der Waals surface area (Å²) in [6.45, 7) is 14.6. The second-order valence-corrected chi connectivity index (χ2v) is 14.6. The minimum absolute atomic E-state index is 0.191. The Morgan fingerprint density at radius 2 is 1.79 bits per heavy atom. The van der Waals surface area contributed by atoms with Gasteiger partial charge in [0.15, 0.2) is 14.1 Å². The summed E-state index contributed by atoms with van der Waals surface area (Å²) < 4.78 is 7.90. The number of rotatable bonds is 6. The number of aromatic amines is 1. The molecule has 0 bridgehead atoms. The maximum Gasteiger partial charge on any atom is 0.343 e. The normalized spacial score (nSPS) is 16.4. The molecule has 2 aromatic rings. The molecule has 1 saturated heterocycles. The van der Waals surface area contributed by atoms with Gasteiger partial charge in [0.2, 0.25) is 0 Å². The maximum absolute atomic E-state index is 11.6. The van der Waals surface area contributed by atoms with Crippen LogP contribution < -0.4 is 10.6 Å². The maximum atomic E-state index is 11.6. The molecule has 7 heteroatoms. The Morgan fingerprint density at radius 3 is 2.31 bits per heavy atom. The second-order valence-electron chi connectivity index (χ2n) is 9.79.